The molecular formula is C75H145NO5. The van der Waals surface area contributed by atoms with E-state index in [1.807, 2.05) is 0 Å². The van der Waals surface area contributed by atoms with Gasteiger partial charge in [0.05, 0.1) is 25.4 Å². The smallest absolute Gasteiger partial charge is 0.305 e. The Hall–Kier alpha value is -1.66. The van der Waals surface area contributed by atoms with Crippen LogP contribution in [0, 0.1) is 0 Å². The molecule has 0 aromatic carbocycles. The van der Waals surface area contributed by atoms with Crippen molar-refractivity contribution in [2.75, 3.05) is 13.2 Å². The van der Waals surface area contributed by atoms with E-state index >= 15 is 0 Å². The highest BCUT2D eigenvalue weighted by molar-refractivity contribution is 5.76. The minimum atomic E-state index is -0.664. The van der Waals surface area contributed by atoms with Gasteiger partial charge in [0.2, 0.25) is 5.91 Å². The maximum absolute atomic E-state index is 12.5. The SMILES string of the molecule is CCCCCCCC/C=C\CCCCCCCC(=O)OCCCCCCCCCCCCCC/C=C\CCCCCCCCCCCCCCCCC(=O)NC(CO)C(O)CCCCCCCCCCCCCCCCCCCCC. The molecule has 480 valence electrons. The summed E-state index contributed by atoms with van der Waals surface area (Å²) in [6, 6.07) is -0.541. The fraction of sp³-hybridized carbons (Fsp3) is 0.920. The summed E-state index contributed by atoms with van der Waals surface area (Å²) in [5, 5.41) is 23.4. The predicted octanol–water partition coefficient (Wildman–Crippen LogP) is 24.1. The highest BCUT2D eigenvalue weighted by atomic mass is 16.5. The van der Waals surface area contributed by atoms with E-state index < -0.39 is 12.1 Å². The van der Waals surface area contributed by atoms with Gasteiger partial charge in [0, 0.05) is 12.8 Å². The van der Waals surface area contributed by atoms with Crippen LogP contribution in [-0.2, 0) is 14.3 Å². The molecule has 0 spiro atoms. The molecule has 6 nitrogen and oxygen atoms in total. The van der Waals surface area contributed by atoms with Gasteiger partial charge in [0.1, 0.15) is 0 Å². The number of nitrogens with one attached hydrogen (secondary N) is 1. The molecule has 0 aliphatic carbocycles. The number of allylic oxidation sites excluding steroid dienone is 4. The Morgan fingerprint density at radius 3 is 0.877 bits per heavy atom. The van der Waals surface area contributed by atoms with Crippen molar-refractivity contribution in [3.8, 4) is 0 Å². The Morgan fingerprint density at radius 2 is 0.580 bits per heavy atom. The summed E-state index contributed by atoms with van der Waals surface area (Å²) in [6.07, 6.45) is 89.6. The fourth-order valence-corrected chi connectivity index (χ4v) is 11.8. The van der Waals surface area contributed by atoms with E-state index in [1.54, 1.807) is 0 Å². The van der Waals surface area contributed by atoms with Crippen LogP contribution in [0.3, 0.4) is 0 Å². The van der Waals surface area contributed by atoms with E-state index in [-0.39, 0.29) is 18.5 Å². The van der Waals surface area contributed by atoms with E-state index in [4.69, 9.17) is 4.74 Å². The second-order valence-corrected chi connectivity index (χ2v) is 25.6. The van der Waals surface area contributed by atoms with Crippen LogP contribution in [0.15, 0.2) is 24.3 Å². The monoisotopic (exact) mass is 1140 g/mol. The number of ether oxygens (including phenoxy) is 1. The summed E-state index contributed by atoms with van der Waals surface area (Å²) in [7, 11) is 0. The Labute approximate surface area is 507 Å². The average molecular weight is 1140 g/mol. The number of hydrogen-bond donors (Lipinski definition) is 3. The van der Waals surface area contributed by atoms with Crippen LogP contribution < -0.4 is 5.32 Å². The summed E-state index contributed by atoms with van der Waals surface area (Å²) in [5.74, 6) is -0.0191. The second-order valence-electron chi connectivity index (χ2n) is 25.6. The van der Waals surface area contributed by atoms with E-state index in [0.29, 0.717) is 25.9 Å². The summed E-state index contributed by atoms with van der Waals surface area (Å²) in [5.41, 5.74) is 0. The standard InChI is InChI=1S/C75H145NO5/c1-3-5-7-9-11-13-15-17-19-20-33-36-40-43-47-51-55-59-63-67-73(78)72(71-77)76-74(79)68-64-60-56-52-48-44-41-37-34-31-29-27-25-23-21-22-24-26-28-30-32-35-38-42-46-50-54-58-62-66-70-81-75(80)69-65-61-57-53-49-45-39-18-16-14-12-10-8-6-4-2/h18,22,24,39,72-73,77-78H,3-17,19-21,23,25-38,40-71H2,1-2H3,(H,76,79)/b24-22-,39-18-. The van der Waals surface area contributed by atoms with E-state index in [9.17, 15) is 19.8 Å². The summed E-state index contributed by atoms with van der Waals surface area (Å²) >= 11 is 0. The molecule has 3 N–H and O–H groups in total. The van der Waals surface area contributed by atoms with Crippen LogP contribution >= 0.6 is 0 Å². The van der Waals surface area contributed by atoms with Gasteiger partial charge in [-0.05, 0) is 77.0 Å². The number of rotatable bonds is 70. The van der Waals surface area contributed by atoms with Gasteiger partial charge in [0.15, 0.2) is 0 Å². The normalized spacial score (nSPS) is 12.6. The van der Waals surface area contributed by atoms with Crippen molar-refractivity contribution in [2.45, 2.75) is 431 Å². The lowest BCUT2D eigenvalue weighted by atomic mass is 10.0. The second kappa shape index (κ2) is 70.8. The molecule has 0 saturated heterocycles. The summed E-state index contributed by atoms with van der Waals surface area (Å²) in [6.45, 7) is 4.99. The van der Waals surface area contributed by atoms with Crippen LogP contribution in [0.4, 0.5) is 0 Å². The van der Waals surface area contributed by atoms with Crippen molar-refractivity contribution >= 4 is 11.9 Å². The largest absolute Gasteiger partial charge is 0.466 e. The number of carbonyl (C=O) groups is 2. The van der Waals surface area contributed by atoms with Crippen molar-refractivity contribution in [3.05, 3.63) is 24.3 Å². The van der Waals surface area contributed by atoms with E-state index in [2.05, 4.69) is 43.5 Å². The van der Waals surface area contributed by atoms with Gasteiger partial charge in [0.25, 0.3) is 0 Å². The Morgan fingerprint density at radius 1 is 0.333 bits per heavy atom. The Balaban J connectivity index is 3.36. The topological polar surface area (TPSA) is 95.9 Å². The van der Waals surface area contributed by atoms with Gasteiger partial charge >= 0.3 is 5.97 Å². The quantitative estimate of drug-likeness (QED) is 0.0320. The summed E-state index contributed by atoms with van der Waals surface area (Å²) < 4.78 is 5.49. The first-order valence-corrected chi connectivity index (χ1v) is 37.1. The molecule has 81 heavy (non-hydrogen) atoms. The third-order valence-electron chi connectivity index (χ3n) is 17.5. The zero-order chi connectivity index (χ0) is 58.5. The lowest BCUT2D eigenvalue weighted by molar-refractivity contribution is -0.143. The molecule has 0 bridgehead atoms. The van der Waals surface area contributed by atoms with Gasteiger partial charge in [-0.1, -0.05) is 353 Å². The maximum Gasteiger partial charge on any atom is 0.305 e. The minimum absolute atomic E-state index is 0.0100. The molecule has 1 amide bonds. The van der Waals surface area contributed by atoms with Crippen LogP contribution in [-0.4, -0.2) is 47.4 Å². The van der Waals surface area contributed by atoms with Gasteiger partial charge < -0.3 is 20.3 Å². The van der Waals surface area contributed by atoms with Gasteiger partial charge in [-0.3, -0.25) is 9.59 Å². The highest BCUT2D eigenvalue weighted by Gasteiger charge is 2.20. The molecule has 0 aliphatic rings. The molecule has 0 radical (unpaired) electrons. The van der Waals surface area contributed by atoms with E-state index in [0.717, 1.165) is 44.9 Å². The van der Waals surface area contributed by atoms with Crippen molar-refractivity contribution < 1.29 is 24.5 Å². The molecule has 0 aliphatic heterocycles. The maximum atomic E-state index is 12.5. The highest BCUT2D eigenvalue weighted by Crippen LogP contribution is 2.19. The molecule has 0 aromatic heterocycles. The summed E-state index contributed by atoms with van der Waals surface area (Å²) in [4.78, 5) is 24.6. The minimum Gasteiger partial charge on any atom is -0.466 e. The first-order valence-electron chi connectivity index (χ1n) is 37.1. The van der Waals surface area contributed by atoms with Crippen molar-refractivity contribution in [1.82, 2.24) is 5.32 Å². The lowest BCUT2D eigenvalue weighted by Gasteiger charge is -2.22. The molecule has 0 heterocycles. The zero-order valence-electron chi connectivity index (χ0n) is 55.0. The fourth-order valence-electron chi connectivity index (χ4n) is 11.8. The zero-order valence-corrected chi connectivity index (χ0v) is 55.0. The molecule has 0 saturated carbocycles. The van der Waals surface area contributed by atoms with Crippen molar-refractivity contribution in [1.29, 1.82) is 0 Å². The van der Waals surface area contributed by atoms with Crippen LogP contribution in [0.1, 0.15) is 418 Å². The number of amides is 1. The molecule has 2 atom stereocenters. The molecule has 6 heteroatoms. The number of aliphatic hydroxyl groups is 2. The lowest BCUT2D eigenvalue weighted by Crippen LogP contribution is -2.45. The van der Waals surface area contributed by atoms with Crippen LogP contribution in [0.25, 0.3) is 0 Å². The molecular weight excluding hydrogens is 995 g/mol. The first kappa shape index (κ1) is 79.3. The number of aliphatic hydroxyl groups excluding tert-OH is 2. The third kappa shape index (κ3) is 67.3. The number of unbranched alkanes of at least 4 members (excludes halogenated alkanes) is 55. The number of carbonyl (C=O) groups excluding carboxylic acids is 2. The first-order chi connectivity index (χ1) is 40.0. The molecule has 2 unspecified atom stereocenters. The van der Waals surface area contributed by atoms with Crippen LogP contribution in [0.2, 0.25) is 0 Å². The molecule has 0 aromatic rings. The third-order valence-corrected chi connectivity index (χ3v) is 17.5. The predicted molar refractivity (Wildman–Crippen MR) is 356 cm³/mol. The Bertz CT molecular complexity index is 1270. The molecule has 0 rings (SSSR count). The molecule has 0 fully saturated rings. The Kier molecular flexibility index (Phi) is 69.4. The van der Waals surface area contributed by atoms with Gasteiger partial charge in [-0.15, -0.1) is 0 Å². The van der Waals surface area contributed by atoms with Gasteiger partial charge in [-0.25, -0.2) is 0 Å². The van der Waals surface area contributed by atoms with Crippen molar-refractivity contribution in [2.24, 2.45) is 0 Å². The number of esters is 1. The number of hydrogen-bond acceptors (Lipinski definition) is 5. The average Bonchev–Trinajstić information content (AvgIpc) is 3.47. The van der Waals surface area contributed by atoms with Crippen molar-refractivity contribution in [3.63, 3.8) is 0 Å². The van der Waals surface area contributed by atoms with Gasteiger partial charge in [-0.2, -0.15) is 0 Å². The van der Waals surface area contributed by atoms with Crippen LogP contribution in [0.5, 0.6) is 0 Å². The van der Waals surface area contributed by atoms with E-state index in [1.165, 1.54) is 340 Å².